The molecular formula is C18H16F3N3. The van der Waals surface area contributed by atoms with Crippen molar-refractivity contribution in [1.29, 1.82) is 0 Å². The molecule has 24 heavy (non-hydrogen) atoms. The van der Waals surface area contributed by atoms with E-state index in [0.717, 1.165) is 35.5 Å². The van der Waals surface area contributed by atoms with Crippen molar-refractivity contribution < 1.29 is 13.2 Å². The predicted octanol–water partition coefficient (Wildman–Crippen LogP) is 3.98. The van der Waals surface area contributed by atoms with Crippen LogP contribution in [0.3, 0.4) is 0 Å². The molecule has 0 amide bonds. The van der Waals surface area contributed by atoms with Gasteiger partial charge in [0.05, 0.1) is 11.0 Å². The third kappa shape index (κ3) is 2.42. The monoisotopic (exact) mass is 331 g/mol. The Hall–Kier alpha value is -2.50. The minimum absolute atomic E-state index is 0.122. The minimum Gasteiger partial charge on any atom is -0.342 e. The van der Waals surface area contributed by atoms with Gasteiger partial charge in [0.1, 0.15) is 5.82 Å². The maximum absolute atomic E-state index is 13.5. The number of fused-ring (bicyclic) bond motifs is 1. The maximum atomic E-state index is 13.5. The quantitative estimate of drug-likeness (QED) is 0.708. The van der Waals surface area contributed by atoms with Crippen LogP contribution in [0.4, 0.5) is 19.1 Å². The van der Waals surface area contributed by atoms with E-state index in [-0.39, 0.29) is 11.7 Å². The number of aryl methyl sites for hydroxylation is 1. The fourth-order valence-corrected chi connectivity index (χ4v) is 3.41. The number of aromatic nitrogens is 2. The lowest BCUT2D eigenvalue weighted by molar-refractivity contribution is 0.505. The minimum atomic E-state index is -0.828. The molecule has 3 aromatic rings. The first kappa shape index (κ1) is 15.1. The molecule has 0 saturated carbocycles. The summed E-state index contributed by atoms with van der Waals surface area (Å²) in [4.78, 5) is 6.68. The van der Waals surface area contributed by atoms with Gasteiger partial charge in [0.25, 0.3) is 0 Å². The Bertz CT molecular complexity index is 919. The Morgan fingerprint density at radius 1 is 1.04 bits per heavy atom. The second-order valence-corrected chi connectivity index (χ2v) is 6.21. The molecule has 1 aromatic heterocycles. The van der Waals surface area contributed by atoms with E-state index in [9.17, 15) is 13.2 Å². The number of nitrogens with zero attached hydrogens (tertiary/aromatic N) is 3. The lowest BCUT2D eigenvalue weighted by Gasteiger charge is -2.18. The van der Waals surface area contributed by atoms with Crippen molar-refractivity contribution in [3.8, 4) is 0 Å². The number of benzene rings is 2. The van der Waals surface area contributed by atoms with Crippen LogP contribution in [0, 0.1) is 17.5 Å². The van der Waals surface area contributed by atoms with Gasteiger partial charge < -0.3 is 9.47 Å². The number of imidazole rings is 1. The molecule has 124 valence electrons. The summed E-state index contributed by atoms with van der Waals surface area (Å²) in [5.41, 5.74) is 2.27. The first-order chi connectivity index (χ1) is 11.5. The van der Waals surface area contributed by atoms with Crippen LogP contribution in [0.1, 0.15) is 17.9 Å². The molecule has 0 spiro atoms. The van der Waals surface area contributed by atoms with Crippen LogP contribution in [-0.4, -0.2) is 22.6 Å². The molecule has 1 aliphatic heterocycles. The van der Waals surface area contributed by atoms with Crippen molar-refractivity contribution in [3.63, 3.8) is 0 Å². The van der Waals surface area contributed by atoms with Gasteiger partial charge in [0, 0.05) is 26.1 Å². The zero-order valence-electron chi connectivity index (χ0n) is 13.1. The molecule has 0 bridgehead atoms. The highest BCUT2D eigenvalue weighted by atomic mass is 19.2. The Morgan fingerprint density at radius 3 is 2.67 bits per heavy atom. The molecule has 1 saturated heterocycles. The Labute approximate surface area is 137 Å². The van der Waals surface area contributed by atoms with E-state index in [0.29, 0.717) is 6.54 Å². The van der Waals surface area contributed by atoms with E-state index in [4.69, 9.17) is 0 Å². The van der Waals surface area contributed by atoms with Crippen LogP contribution in [0.15, 0.2) is 36.4 Å². The molecule has 0 aliphatic carbocycles. The molecule has 3 nitrogen and oxygen atoms in total. The van der Waals surface area contributed by atoms with Gasteiger partial charge >= 0.3 is 0 Å². The Kier molecular flexibility index (Phi) is 3.48. The fourth-order valence-electron chi connectivity index (χ4n) is 3.41. The van der Waals surface area contributed by atoms with Gasteiger partial charge in [-0.1, -0.05) is 6.07 Å². The molecule has 4 rings (SSSR count). The van der Waals surface area contributed by atoms with E-state index < -0.39 is 11.6 Å². The summed E-state index contributed by atoms with van der Waals surface area (Å²) < 4.78 is 41.9. The van der Waals surface area contributed by atoms with Crippen molar-refractivity contribution in [1.82, 2.24) is 9.55 Å². The smallest absolute Gasteiger partial charge is 0.206 e. The summed E-state index contributed by atoms with van der Waals surface area (Å²) in [5, 5.41) is 0. The molecular weight excluding hydrogens is 315 g/mol. The number of rotatable bonds is 2. The first-order valence-corrected chi connectivity index (χ1v) is 7.85. The fraction of sp³-hybridized carbons (Fsp3) is 0.278. The molecule has 1 aliphatic rings. The number of hydrogen-bond donors (Lipinski definition) is 0. The molecule has 1 unspecified atom stereocenters. The van der Waals surface area contributed by atoms with Gasteiger partial charge in [-0.25, -0.2) is 18.2 Å². The molecule has 0 radical (unpaired) electrons. The summed E-state index contributed by atoms with van der Waals surface area (Å²) in [5.74, 6) is -1.05. The third-order valence-electron chi connectivity index (χ3n) is 4.71. The predicted molar refractivity (Wildman–Crippen MR) is 86.6 cm³/mol. The van der Waals surface area contributed by atoms with Crippen LogP contribution in [0.2, 0.25) is 0 Å². The van der Waals surface area contributed by atoms with E-state index >= 15 is 0 Å². The maximum Gasteiger partial charge on any atom is 0.206 e. The van der Waals surface area contributed by atoms with E-state index in [2.05, 4.69) is 9.88 Å². The highest BCUT2D eigenvalue weighted by Gasteiger charge is 2.27. The lowest BCUT2D eigenvalue weighted by atomic mass is 9.98. The highest BCUT2D eigenvalue weighted by Crippen LogP contribution is 2.32. The van der Waals surface area contributed by atoms with Gasteiger partial charge in [-0.2, -0.15) is 0 Å². The van der Waals surface area contributed by atoms with Crippen molar-refractivity contribution in [2.75, 3.05) is 18.0 Å². The normalized spacial score (nSPS) is 17.8. The van der Waals surface area contributed by atoms with Gasteiger partial charge in [-0.15, -0.1) is 0 Å². The standard InChI is InChI=1S/C18H16F3N3/c1-23-17-9-13(19)3-5-16(17)22-18(23)24-7-6-12(10-24)11-2-4-14(20)15(21)8-11/h2-5,8-9,12H,6-7,10H2,1H3. The van der Waals surface area contributed by atoms with Gasteiger partial charge in [-0.3, -0.25) is 0 Å². The summed E-state index contributed by atoms with van der Waals surface area (Å²) in [6.07, 6.45) is 0.836. The highest BCUT2D eigenvalue weighted by molar-refractivity contribution is 5.78. The molecule has 1 fully saturated rings. The second kappa shape index (κ2) is 5.54. The summed E-state index contributed by atoms with van der Waals surface area (Å²) in [7, 11) is 1.86. The number of halogens is 3. The van der Waals surface area contributed by atoms with Crippen LogP contribution in [0.5, 0.6) is 0 Å². The zero-order valence-corrected chi connectivity index (χ0v) is 13.1. The molecule has 2 aromatic carbocycles. The SMILES string of the molecule is Cn1c(N2CCC(c3ccc(F)c(F)c3)C2)nc2ccc(F)cc21. The molecule has 2 heterocycles. The number of anilines is 1. The second-order valence-electron chi connectivity index (χ2n) is 6.21. The van der Waals surface area contributed by atoms with Gasteiger partial charge in [0.15, 0.2) is 11.6 Å². The topological polar surface area (TPSA) is 21.1 Å². The lowest BCUT2D eigenvalue weighted by Crippen LogP contribution is -2.22. The van der Waals surface area contributed by atoms with Crippen molar-refractivity contribution in [3.05, 3.63) is 59.4 Å². The van der Waals surface area contributed by atoms with Crippen molar-refractivity contribution >= 4 is 17.0 Å². The van der Waals surface area contributed by atoms with Crippen molar-refractivity contribution in [2.45, 2.75) is 12.3 Å². The van der Waals surface area contributed by atoms with Crippen LogP contribution in [0.25, 0.3) is 11.0 Å². The Balaban J connectivity index is 1.63. The average Bonchev–Trinajstić information content (AvgIpc) is 3.16. The van der Waals surface area contributed by atoms with E-state index in [1.165, 1.54) is 24.3 Å². The average molecular weight is 331 g/mol. The zero-order chi connectivity index (χ0) is 16.8. The summed E-state index contributed by atoms with van der Waals surface area (Å²) >= 11 is 0. The first-order valence-electron chi connectivity index (χ1n) is 7.85. The third-order valence-corrected chi connectivity index (χ3v) is 4.71. The largest absolute Gasteiger partial charge is 0.342 e. The molecule has 0 N–H and O–H groups in total. The van der Waals surface area contributed by atoms with Gasteiger partial charge in [-0.05, 0) is 42.3 Å². The number of hydrogen-bond acceptors (Lipinski definition) is 2. The van der Waals surface area contributed by atoms with Crippen molar-refractivity contribution in [2.24, 2.45) is 7.05 Å². The summed E-state index contributed by atoms with van der Waals surface area (Å²) in [6.45, 7) is 1.44. The van der Waals surface area contributed by atoms with Crippen LogP contribution < -0.4 is 4.90 Å². The van der Waals surface area contributed by atoms with Crippen LogP contribution in [-0.2, 0) is 7.05 Å². The van der Waals surface area contributed by atoms with Crippen LogP contribution >= 0.6 is 0 Å². The van der Waals surface area contributed by atoms with E-state index in [1.807, 2.05) is 11.6 Å². The summed E-state index contributed by atoms with van der Waals surface area (Å²) in [6, 6.07) is 8.61. The van der Waals surface area contributed by atoms with Gasteiger partial charge in [0.2, 0.25) is 5.95 Å². The molecule has 6 heteroatoms. The molecule has 1 atom stereocenters. The Morgan fingerprint density at radius 2 is 1.88 bits per heavy atom. The van der Waals surface area contributed by atoms with E-state index in [1.54, 1.807) is 12.1 Å².